The molecule has 7 nitrogen and oxygen atoms in total. The summed E-state index contributed by atoms with van der Waals surface area (Å²) in [6, 6.07) is 0. The molecule has 1 aromatic rings. The molecule has 23 heavy (non-hydrogen) atoms. The Kier molecular flexibility index (Phi) is 5.75. The van der Waals surface area contributed by atoms with Crippen molar-refractivity contribution in [3.63, 3.8) is 0 Å². The monoisotopic (exact) mass is 324 g/mol. The average molecular weight is 324 g/mol. The van der Waals surface area contributed by atoms with E-state index in [-0.39, 0.29) is 12.2 Å². The summed E-state index contributed by atoms with van der Waals surface area (Å²) in [4.78, 5) is 12.5. The third kappa shape index (κ3) is 5.28. The first-order chi connectivity index (χ1) is 10.8. The van der Waals surface area contributed by atoms with E-state index < -0.39 is 11.0 Å². The SMILES string of the molecule is CC(C)(C)C1CCCN(CC(O)Cn2cc([N+](=O)[O-])cn2)CC1. The first kappa shape index (κ1) is 17.9. The molecule has 1 aromatic heterocycles. The van der Waals surface area contributed by atoms with Gasteiger partial charge >= 0.3 is 5.69 Å². The van der Waals surface area contributed by atoms with E-state index in [9.17, 15) is 15.2 Å². The van der Waals surface area contributed by atoms with Gasteiger partial charge < -0.3 is 10.0 Å². The standard InChI is InChI=1S/C16H28N4O3/c1-16(2,3)13-5-4-7-18(8-6-13)11-15(21)12-19-10-14(9-17-19)20(22)23/h9-10,13,15,21H,4-8,11-12H2,1-3H3. The first-order valence-corrected chi connectivity index (χ1v) is 8.33. The van der Waals surface area contributed by atoms with Gasteiger partial charge in [0.25, 0.3) is 0 Å². The summed E-state index contributed by atoms with van der Waals surface area (Å²) in [5.41, 5.74) is 0.294. The van der Waals surface area contributed by atoms with E-state index >= 15 is 0 Å². The summed E-state index contributed by atoms with van der Waals surface area (Å²) < 4.78 is 1.44. The van der Waals surface area contributed by atoms with Crippen LogP contribution in [0.3, 0.4) is 0 Å². The number of rotatable bonds is 5. The van der Waals surface area contributed by atoms with Crippen molar-refractivity contribution in [1.82, 2.24) is 14.7 Å². The molecule has 1 aliphatic rings. The van der Waals surface area contributed by atoms with Crippen LogP contribution in [0.25, 0.3) is 0 Å². The maximum atomic E-state index is 10.6. The van der Waals surface area contributed by atoms with E-state index in [1.54, 1.807) is 0 Å². The van der Waals surface area contributed by atoms with Gasteiger partial charge in [-0.1, -0.05) is 20.8 Å². The lowest BCUT2D eigenvalue weighted by Crippen LogP contribution is -2.35. The van der Waals surface area contributed by atoms with Crippen LogP contribution in [0.15, 0.2) is 12.4 Å². The maximum absolute atomic E-state index is 10.6. The van der Waals surface area contributed by atoms with Gasteiger partial charge in [0.2, 0.25) is 0 Å². The second-order valence-electron chi connectivity index (χ2n) is 7.63. The third-order valence-corrected chi connectivity index (χ3v) is 4.74. The van der Waals surface area contributed by atoms with E-state index in [4.69, 9.17) is 0 Å². The zero-order chi connectivity index (χ0) is 17.0. The Hall–Kier alpha value is -1.47. The molecule has 1 N–H and O–H groups in total. The highest BCUT2D eigenvalue weighted by atomic mass is 16.6. The normalized spacial score (nSPS) is 21.8. The van der Waals surface area contributed by atoms with Gasteiger partial charge in [0.05, 0.1) is 17.6 Å². The molecule has 0 aromatic carbocycles. The van der Waals surface area contributed by atoms with Crippen LogP contribution in [-0.4, -0.2) is 50.4 Å². The molecule has 0 bridgehead atoms. The Bertz CT molecular complexity index is 524. The molecule has 0 aliphatic carbocycles. The fourth-order valence-corrected chi connectivity index (χ4v) is 3.32. The van der Waals surface area contributed by atoms with Crippen LogP contribution in [0.1, 0.15) is 40.0 Å². The Morgan fingerprint density at radius 3 is 2.74 bits per heavy atom. The highest BCUT2D eigenvalue weighted by Gasteiger charge is 2.27. The van der Waals surface area contributed by atoms with Crippen molar-refractivity contribution in [3.8, 4) is 0 Å². The van der Waals surface area contributed by atoms with E-state index in [2.05, 4.69) is 30.8 Å². The van der Waals surface area contributed by atoms with Crippen LogP contribution >= 0.6 is 0 Å². The molecule has 0 spiro atoms. The van der Waals surface area contributed by atoms with Crippen LogP contribution in [0, 0.1) is 21.4 Å². The largest absolute Gasteiger partial charge is 0.390 e. The van der Waals surface area contributed by atoms with Gasteiger partial charge in [0, 0.05) is 6.54 Å². The third-order valence-electron chi connectivity index (χ3n) is 4.74. The minimum Gasteiger partial charge on any atom is -0.390 e. The lowest BCUT2D eigenvalue weighted by molar-refractivity contribution is -0.385. The van der Waals surface area contributed by atoms with Crippen molar-refractivity contribution in [2.45, 2.75) is 52.7 Å². The van der Waals surface area contributed by atoms with Gasteiger partial charge in [-0.3, -0.25) is 14.8 Å². The predicted octanol–water partition coefficient (Wildman–Crippen LogP) is 2.30. The quantitative estimate of drug-likeness (QED) is 0.663. The van der Waals surface area contributed by atoms with Gasteiger partial charge in [-0.25, -0.2) is 0 Å². The number of hydrogen-bond acceptors (Lipinski definition) is 5. The van der Waals surface area contributed by atoms with Crippen LogP contribution in [0.2, 0.25) is 0 Å². The number of β-amino-alcohol motifs (C(OH)–C–C–N with tert-alkyl or cyclic N) is 1. The molecule has 1 fully saturated rings. The number of aliphatic hydroxyl groups is 1. The molecule has 2 rings (SSSR count). The van der Waals surface area contributed by atoms with Crippen LogP contribution in [-0.2, 0) is 6.54 Å². The molecule has 0 amide bonds. The summed E-state index contributed by atoms with van der Waals surface area (Å²) in [5, 5.41) is 24.8. The lowest BCUT2D eigenvalue weighted by atomic mass is 9.77. The summed E-state index contributed by atoms with van der Waals surface area (Å²) in [5.74, 6) is 0.721. The number of aliphatic hydroxyl groups excluding tert-OH is 1. The summed E-state index contributed by atoms with van der Waals surface area (Å²) in [7, 11) is 0. The van der Waals surface area contributed by atoms with Crippen LogP contribution in [0.5, 0.6) is 0 Å². The number of hydrogen-bond donors (Lipinski definition) is 1. The van der Waals surface area contributed by atoms with E-state index in [0.29, 0.717) is 12.0 Å². The second-order valence-corrected chi connectivity index (χ2v) is 7.63. The molecule has 2 heterocycles. The van der Waals surface area contributed by atoms with Gasteiger partial charge in [0.1, 0.15) is 12.4 Å². The summed E-state index contributed by atoms with van der Waals surface area (Å²) in [6.45, 7) is 9.77. The molecule has 7 heteroatoms. The lowest BCUT2D eigenvalue weighted by Gasteiger charge is -2.30. The van der Waals surface area contributed by atoms with Crippen molar-refractivity contribution in [3.05, 3.63) is 22.5 Å². The minimum absolute atomic E-state index is 0.0417. The maximum Gasteiger partial charge on any atom is 0.306 e. The average Bonchev–Trinajstić information content (AvgIpc) is 2.76. The summed E-state index contributed by atoms with van der Waals surface area (Å²) in [6.07, 6.45) is 5.56. The molecule has 0 saturated carbocycles. The molecule has 1 aliphatic heterocycles. The molecular weight excluding hydrogens is 296 g/mol. The van der Waals surface area contributed by atoms with E-state index in [0.717, 1.165) is 31.8 Å². The van der Waals surface area contributed by atoms with Gasteiger partial charge in [-0.2, -0.15) is 5.10 Å². The Labute approximate surface area is 137 Å². The molecule has 2 atom stereocenters. The highest BCUT2D eigenvalue weighted by molar-refractivity contribution is 5.20. The predicted molar refractivity (Wildman–Crippen MR) is 88.1 cm³/mol. The summed E-state index contributed by atoms with van der Waals surface area (Å²) >= 11 is 0. The van der Waals surface area contributed by atoms with Crippen LogP contribution in [0.4, 0.5) is 5.69 Å². The molecule has 0 radical (unpaired) electrons. The van der Waals surface area contributed by atoms with Crippen molar-refractivity contribution >= 4 is 5.69 Å². The fraction of sp³-hybridized carbons (Fsp3) is 0.812. The van der Waals surface area contributed by atoms with Crippen molar-refractivity contribution in [2.24, 2.45) is 11.3 Å². The van der Waals surface area contributed by atoms with Gasteiger partial charge in [-0.05, 0) is 43.7 Å². The minimum atomic E-state index is -0.569. The van der Waals surface area contributed by atoms with Gasteiger partial charge in [-0.15, -0.1) is 0 Å². The first-order valence-electron chi connectivity index (χ1n) is 8.33. The zero-order valence-electron chi connectivity index (χ0n) is 14.3. The van der Waals surface area contributed by atoms with Crippen molar-refractivity contribution in [2.75, 3.05) is 19.6 Å². The molecular formula is C16H28N4O3. The smallest absolute Gasteiger partial charge is 0.306 e. The number of likely N-dealkylation sites (tertiary alicyclic amines) is 1. The number of nitro groups is 1. The molecule has 1 saturated heterocycles. The Morgan fingerprint density at radius 1 is 1.39 bits per heavy atom. The van der Waals surface area contributed by atoms with Crippen LogP contribution < -0.4 is 0 Å². The van der Waals surface area contributed by atoms with Gasteiger partial charge in [0.15, 0.2) is 0 Å². The fourth-order valence-electron chi connectivity index (χ4n) is 3.32. The second kappa shape index (κ2) is 7.40. The number of aromatic nitrogens is 2. The Balaban J connectivity index is 1.82. The Morgan fingerprint density at radius 2 is 2.13 bits per heavy atom. The van der Waals surface area contributed by atoms with E-state index in [1.807, 2.05) is 0 Å². The number of nitrogens with zero attached hydrogens (tertiary/aromatic N) is 4. The zero-order valence-corrected chi connectivity index (χ0v) is 14.3. The van der Waals surface area contributed by atoms with Crippen molar-refractivity contribution < 1.29 is 10.0 Å². The molecule has 2 unspecified atom stereocenters. The van der Waals surface area contributed by atoms with E-state index in [1.165, 1.54) is 23.5 Å². The topological polar surface area (TPSA) is 84.4 Å². The molecule has 130 valence electrons. The van der Waals surface area contributed by atoms with Crippen molar-refractivity contribution in [1.29, 1.82) is 0 Å². The highest BCUT2D eigenvalue weighted by Crippen LogP contribution is 2.34.